The fraction of sp³-hybridized carbons (Fsp3) is 0.360. The summed E-state index contributed by atoms with van der Waals surface area (Å²) in [6.45, 7) is 5.59. The molecule has 4 aliphatic heterocycles. The lowest BCUT2D eigenvalue weighted by Gasteiger charge is -2.35. The SMILES string of the molecule is CC(C)(C)C(=O)[C@@H]1[C@@H]2C(=O)N(c3ccc4c(c3)OCO4)C(=O)[C@@H]2C2c3ccccc3C=NN21. The molecule has 6 rings (SSSR count). The Morgan fingerprint density at radius 3 is 2.52 bits per heavy atom. The quantitative estimate of drug-likeness (QED) is 0.661. The number of carbonyl (C=O) groups is 3. The smallest absolute Gasteiger partial charge is 0.240 e. The van der Waals surface area contributed by atoms with Crippen LogP contribution in [-0.4, -0.2) is 41.7 Å². The molecule has 0 N–H and O–H groups in total. The van der Waals surface area contributed by atoms with E-state index in [0.717, 1.165) is 11.1 Å². The number of ether oxygens (including phenoxy) is 2. The first-order valence-corrected chi connectivity index (χ1v) is 11.0. The first kappa shape index (κ1) is 20.0. The molecule has 8 heteroatoms. The van der Waals surface area contributed by atoms with Gasteiger partial charge in [0.15, 0.2) is 17.3 Å². The Hall–Kier alpha value is -3.68. The van der Waals surface area contributed by atoms with Crippen LogP contribution in [0.15, 0.2) is 47.6 Å². The summed E-state index contributed by atoms with van der Waals surface area (Å²) < 4.78 is 10.8. The number of hydrogen-bond acceptors (Lipinski definition) is 7. The minimum atomic E-state index is -0.819. The highest BCUT2D eigenvalue weighted by Crippen LogP contribution is 2.54. The Morgan fingerprint density at radius 2 is 1.73 bits per heavy atom. The summed E-state index contributed by atoms with van der Waals surface area (Å²) in [5, 5.41) is 6.27. The second kappa shape index (κ2) is 6.66. The molecule has 2 fully saturated rings. The van der Waals surface area contributed by atoms with Crippen LogP contribution in [0.2, 0.25) is 0 Å². The van der Waals surface area contributed by atoms with Gasteiger partial charge in [-0.3, -0.25) is 19.4 Å². The second-order valence-electron chi connectivity index (χ2n) is 9.86. The number of hydrazone groups is 1. The van der Waals surface area contributed by atoms with E-state index in [9.17, 15) is 14.4 Å². The van der Waals surface area contributed by atoms with Crippen molar-refractivity contribution in [1.82, 2.24) is 5.01 Å². The zero-order chi connectivity index (χ0) is 23.1. The monoisotopic (exact) mass is 445 g/mol. The highest BCUT2D eigenvalue weighted by atomic mass is 16.7. The van der Waals surface area contributed by atoms with E-state index in [1.165, 1.54) is 4.90 Å². The largest absolute Gasteiger partial charge is 0.454 e. The molecule has 0 spiro atoms. The number of imide groups is 1. The molecule has 0 bridgehead atoms. The van der Waals surface area contributed by atoms with Gasteiger partial charge in [-0.15, -0.1) is 0 Å². The molecule has 2 saturated heterocycles. The molecule has 4 heterocycles. The van der Waals surface area contributed by atoms with Crippen molar-refractivity contribution in [2.75, 3.05) is 11.7 Å². The first-order valence-electron chi connectivity index (χ1n) is 11.0. The number of hydrogen-bond donors (Lipinski definition) is 0. The topological polar surface area (TPSA) is 88.5 Å². The van der Waals surface area contributed by atoms with Crippen LogP contribution in [0.1, 0.15) is 37.9 Å². The van der Waals surface area contributed by atoms with Crippen molar-refractivity contribution in [2.24, 2.45) is 22.4 Å². The molecular formula is C25H23N3O5. The second-order valence-corrected chi connectivity index (χ2v) is 9.86. The maximum absolute atomic E-state index is 13.8. The fourth-order valence-corrected chi connectivity index (χ4v) is 5.39. The van der Waals surface area contributed by atoms with Gasteiger partial charge in [0.2, 0.25) is 18.6 Å². The third-order valence-electron chi connectivity index (χ3n) is 6.92. The maximum Gasteiger partial charge on any atom is 0.240 e. The van der Waals surface area contributed by atoms with Gasteiger partial charge in [-0.05, 0) is 23.3 Å². The molecular weight excluding hydrogens is 422 g/mol. The summed E-state index contributed by atoms with van der Waals surface area (Å²) in [6.07, 6.45) is 1.71. The molecule has 8 nitrogen and oxygen atoms in total. The standard InChI is InChI=1S/C25H23N3O5/c1-25(2,3)22(29)21-19-18(20-15-7-5-4-6-13(15)11-26-28(20)21)23(30)27(24(19)31)14-8-9-16-17(10-14)33-12-32-16/h4-11,18-21H,12H2,1-3H3/t18-,19+,20?,21-/m0/s1. The van der Waals surface area contributed by atoms with Gasteiger partial charge in [0, 0.05) is 11.5 Å². The molecule has 0 aromatic heterocycles. The third kappa shape index (κ3) is 2.70. The summed E-state index contributed by atoms with van der Waals surface area (Å²) in [5.74, 6) is -1.28. The highest BCUT2D eigenvalue weighted by Gasteiger charge is 2.66. The van der Waals surface area contributed by atoms with Gasteiger partial charge in [-0.25, -0.2) is 4.90 Å². The van der Waals surface area contributed by atoms with Crippen molar-refractivity contribution in [3.8, 4) is 11.5 Å². The van der Waals surface area contributed by atoms with Gasteiger partial charge >= 0.3 is 0 Å². The van der Waals surface area contributed by atoms with Crippen LogP contribution in [0.4, 0.5) is 5.69 Å². The number of anilines is 1. The average molecular weight is 445 g/mol. The molecule has 33 heavy (non-hydrogen) atoms. The number of fused-ring (bicyclic) bond motifs is 6. The van der Waals surface area contributed by atoms with Crippen molar-refractivity contribution in [2.45, 2.75) is 32.9 Å². The van der Waals surface area contributed by atoms with Crippen molar-refractivity contribution in [3.05, 3.63) is 53.6 Å². The van der Waals surface area contributed by atoms with Crippen LogP contribution in [0.3, 0.4) is 0 Å². The molecule has 2 amide bonds. The van der Waals surface area contributed by atoms with E-state index >= 15 is 0 Å². The van der Waals surface area contributed by atoms with Crippen LogP contribution < -0.4 is 14.4 Å². The predicted molar refractivity (Wildman–Crippen MR) is 119 cm³/mol. The van der Waals surface area contributed by atoms with Gasteiger partial charge < -0.3 is 9.47 Å². The Kier molecular flexibility index (Phi) is 4.03. The number of amides is 2. The summed E-state index contributed by atoms with van der Waals surface area (Å²) in [5.41, 5.74) is 1.51. The van der Waals surface area contributed by atoms with Gasteiger partial charge in [0.25, 0.3) is 0 Å². The predicted octanol–water partition coefficient (Wildman–Crippen LogP) is 2.91. The summed E-state index contributed by atoms with van der Waals surface area (Å²) in [6, 6.07) is 11.4. The Balaban J connectivity index is 1.49. The van der Waals surface area contributed by atoms with E-state index in [0.29, 0.717) is 17.2 Å². The zero-order valence-electron chi connectivity index (χ0n) is 18.5. The molecule has 0 radical (unpaired) electrons. The number of nitrogens with zero attached hydrogens (tertiary/aromatic N) is 3. The van der Waals surface area contributed by atoms with E-state index < -0.39 is 29.3 Å². The van der Waals surface area contributed by atoms with Gasteiger partial charge in [0.05, 0.1) is 29.8 Å². The van der Waals surface area contributed by atoms with Crippen molar-refractivity contribution in [1.29, 1.82) is 0 Å². The fourth-order valence-electron chi connectivity index (χ4n) is 5.39. The number of benzene rings is 2. The molecule has 0 saturated carbocycles. The molecule has 1 unspecified atom stereocenters. The lowest BCUT2D eigenvalue weighted by atomic mass is 9.79. The lowest BCUT2D eigenvalue weighted by Crippen LogP contribution is -2.48. The summed E-state index contributed by atoms with van der Waals surface area (Å²) >= 11 is 0. The van der Waals surface area contributed by atoms with Crippen LogP contribution >= 0.6 is 0 Å². The molecule has 168 valence electrons. The molecule has 0 aliphatic carbocycles. The lowest BCUT2D eigenvalue weighted by molar-refractivity contribution is -0.136. The molecule has 2 aromatic rings. The zero-order valence-corrected chi connectivity index (χ0v) is 18.5. The molecule has 4 atom stereocenters. The maximum atomic E-state index is 13.8. The van der Waals surface area contributed by atoms with Crippen molar-refractivity contribution in [3.63, 3.8) is 0 Å². The van der Waals surface area contributed by atoms with Gasteiger partial charge in [-0.1, -0.05) is 45.0 Å². The van der Waals surface area contributed by atoms with E-state index in [1.807, 2.05) is 45.0 Å². The van der Waals surface area contributed by atoms with Crippen molar-refractivity contribution < 1.29 is 23.9 Å². The highest BCUT2D eigenvalue weighted by molar-refractivity contribution is 6.24. The summed E-state index contributed by atoms with van der Waals surface area (Å²) in [4.78, 5) is 42.4. The molecule has 4 aliphatic rings. The molecule has 2 aromatic carbocycles. The number of Topliss-reactive ketones (excluding diaryl/α,β-unsaturated/α-hetero) is 1. The minimum Gasteiger partial charge on any atom is -0.454 e. The average Bonchev–Trinajstić information content (AvgIpc) is 3.45. The third-order valence-corrected chi connectivity index (χ3v) is 6.92. The van der Waals surface area contributed by atoms with E-state index in [2.05, 4.69) is 5.10 Å². The van der Waals surface area contributed by atoms with Crippen LogP contribution in [0.25, 0.3) is 0 Å². The Morgan fingerprint density at radius 1 is 1.00 bits per heavy atom. The first-order chi connectivity index (χ1) is 15.8. The van der Waals surface area contributed by atoms with Gasteiger partial charge in [-0.2, -0.15) is 5.10 Å². The van der Waals surface area contributed by atoms with E-state index in [4.69, 9.17) is 9.47 Å². The van der Waals surface area contributed by atoms with Crippen LogP contribution in [0, 0.1) is 17.3 Å². The number of rotatable bonds is 2. The van der Waals surface area contributed by atoms with Crippen LogP contribution in [-0.2, 0) is 14.4 Å². The number of carbonyl (C=O) groups excluding carboxylic acids is 3. The number of ketones is 1. The Labute approximate surface area is 190 Å². The Bertz CT molecular complexity index is 1250. The van der Waals surface area contributed by atoms with Gasteiger partial charge in [0.1, 0.15) is 6.04 Å². The van der Waals surface area contributed by atoms with Crippen molar-refractivity contribution >= 4 is 29.5 Å². The minimum absolute atomic E-state index is 0.0971. The summed E-state index contributed by atoms with van der Waals surface area (Å²) in [7, 11) is 0. The van der Waals surface area contributed by atoms with E-state index in [-0.39, 0.29) is 24.4 Å². The normalized spacial score (nSPS) is 27.0. The van der Waals surface area contributed by atoms with Crippen LogP contribution in [0.5, 0.6) is 11.5 Å². The van der Waals surface area contributed by atoms with E-state index in [1.54, 1.807) is 29.4 Å².